The fraction of sp³-hybridized carbons (Fsp3) is 0.500. The van der Waals surface area contributed by atoms with Crippen LogP contribution < -0.4 is 10.6 Å². The molecule has 0 fully saturated rings. The number of benzene rings is 3. The standard InChI is InChI=1S/C38H53N3O4/c1-24(2)18-19-28(7)41(36(43)32(22-25(3)4)40-37(44)45-38(8,9)10)34(33-26(5)14-13-15-27(33)6)35(42)39-31-21-20-29-16-11-12-17-30(29)23-31/h11-17,20-21,23-25,28,32,34H,18-19,22H2,1-10H3,(H,39,42)(H,40,44). The van der Waals surface area contributed by atoms with Gasteiger partial charge >= 0.3 is 6.09 Å². The molecule has 3 rings (SSSR count). The molecular weight excluding hydrogens is 562 g/mol. The summed E-state index contributed by atoms with van der Waals surface area (Å²) in [5.74, 6) is -0.0762. The maximum absolute atomic E-state index is 14.8. The lowest BCUT2D eigenvalue weighted by Crippen LogP contribution is -2.55. The maximum atomic E-state index is 14.8. The quantitative estimate of drug-likeness (QED) is 0.213. The zero-order valence-electron chi connectivity index (χ0n) is 28.9. The molecule has 3 unspecified atom stereocenters. The number of nitrogens with one attached hydrogen (secondary N) is 2. The van der Waals surface area contributed by atoms with E-state index in [0.717, 1.165) is 33.9 Å². The molecule has 3 amide bonds. The minimum atomic E-state index is -0.928. The van der Waals surface area contributed by atoms with Gasteiger partial charge < -0.3 is 20.3 Å². The summed E-state index contributed by atoms with van der Waals surface area (Å²) in [6.07, 6.45) is 1.33. The third-order valence-corrected chi connectivity index (χ3v) is 7.95. The van der Waals surface area contributed by atoms with Gasteiger partial charge in [-0.2, -0.15) is 0 Å². The van der Waals surface area contributed by atoms with Gasteiger partial charge in [0.05, 0.1) is 0 Å². The van der Waals surface area contributed by atoms with Crippen molar-refractivity contribution in [1.82, 2.24) is 10.2 Å². The first-order valence-corrected chi connectivity index (χ1v) is 16.2. The van der Waals surface area contributed by atoms with Crippen molar-refractivity contribution >= 4 is 34.4 Å². The number of nitrogens with zero attached hydrogens (tertiary/aromatic N) is 1. The van der Waals surface area contributed by atoms with Crippen LogP contribution in [0, 0.1) is 25.7 Å². The summed E-state index contributed by atoms with van der Waals surface area (Å²) in [6.45, 7) is 19.7. The van der Waals surface area contributed by atoms with E-state index in [-0.39, 0.29) is 23.8 Å². The minimum absolute atomic E-state index is 0.104. The van der Waals surface area contributed by atoms with Crippen LogP contribution in [-0.2, 0) is 14.3 Å². The lowest BCUT2D eigenvalue weighted by molar-refractivity contribution is -0.144. The fourth-order valence-electron chi connectivity index (χ4n) is 5.77. The number of alkyl carbamates (subject to hydrolysis) is 1. The summed E-state index contributed by atoms with van der Waals surface area (Å²) in [6, 6.07) is 17.6. The maximum Gasteiger partial charge on any atom is 0.408 e. The van der Waals surface area contributed by atoms with Gasteiger partial charge in [-0.15, -0.1) is 0 Å². The number of fused-ring (bicyclic) bond motifs is 1. The molecule has 45 heavy (non-hydrogen) atoms. The molecule has 0 saturated heterocycles. The summed E-state index contributed by atoms with van der Waals surface area (Å²) in [5, 5.41) is 8.10. The smallest absolute Gasteiger partial charge is 0.408 e. The monoisotopic (exact) mass is 615 g/mol. The van der Waals surface area contributed by atoms with E-state index < -0.39 is 23.8 Å². The van der Waals surface area contributed by atoms with E-state index in [0.29, 0.717) is 24.4 Å². The number of rotatable bonds is 12. The molecule has 0 aliphatic carbocycles. The van der Waals surface area contributed by atoms with Crippen LogP contribution in [0.4, 0.5) is 10.5 Å². The minimum Gasteiger partial charge on any atom is -0.444 e. The van der Waals surface area contributed by atoms with E-state index >= 15 is 0 Å². The first kappa shape index (κ1) is 35.6. The summed E-state index contributed by atoms with van der Waals surface area (Å²) in [4.78, 5) is 44.1. The third-order valence-electron chi connectivity index (χ3n) is 7.95. The molecule has 0 bridgehead atoms. The molecule has 0 heterocycles. The van der Waals surface area contributed by atoms with Gasteiger partial charge in [0.1, 0.15) is 17.7 Å². The van der Waals surface area contributed by atoms with E-state index in [1.807, 2.05) is 95.3 Å². The molecule has 0 saturated carbocycles. The molecule has 0 aromatic heterocycles. The second-order valence-electron chi connectivity index (χ2n) is 14.2. The SMILES string of the molecule is Cc1cccc(C)c1C(C(=O)Nc1ccc2ccccc2c1)N(C(=O)C(CC(C)C)NC(=O)OC(C)(C)C)C(C)CCC(C)C. The molecule has 3 atom stereocenters. The van der Waals surface area contributed by atoms with Gasteiger partial charge in [0, 0.05) is 11.7 Å². The number of carbonyl (C=O) groups excluding carboxylic acids is 3. The molecule has 0 aliphatic heterocycles. The average Bonchev–Trinajstić information content (AvgIpc) is 2.93. The number of hydrogen-bond donors (Lipinski definition) is 2. The number of ether oxygens (including phenoxy) is 1. The zero-order chi connectivity index (χ0) is 33.5. The highest BCUT2D eigenvalue weighted by Crippen LogP contribution is 2.33. The summed E-state index contributed by atoms with van der Waals surface area (Å²) in [5.41, 5.74) is 2.57. The van der Waals surface area contributed by atoms with Crippen LogP contribution in [0.3, 0.4) is 0 Å². The highest BCUT2D eigenvalue weighted by molar-refractivity contribution is 6.01. The Hall–Kier alpha value is -3.87. The first-order valence-electron chi connectivity index (χ1n) is 16.2. The van der Waals surface area contributed by atoms with Gasteiger partial charge in [0.25, 0.3) is 5.91 Å². The topological polar surface area (TPSA) is 87.7 Å². The van der Waals surface area contributed by atoms with Gasteiger partial charge in [0.15, 0.2) is 0 Å². The van der Waals surface area contributed by atoms with Crippen LogP contribution in [0.25, 0.3) is 10.8 Å². The summed E-state index contributed by atoms with van der Waals surface area (Å²) >= 11 is 0. The molecular formula is C38H53N3O4. The number of carbonyl (C=O) groups is 3. The normalized spacial score (nSPS) is 13.8. The van der Waals surface area contributed by atoms with E-state index in [1.54, 1.807) is 25.7 Å². The molecule has 244 valence electrons. The average molecular weight is 616 g/mol. The second-order valence-corrected chi connectivity index (χ2v) is 14.2. The first-order chi connectivity index (χ1) is 21.1. The van der Waals surface area contributed by atoms with Crippen LogP contribution >= 0.6 is 0 Å². The molecule has 3 aromatic rings. The second kappa shape index (κ2) is 15.4. The molecule has 2 N–H and O–H groups in total. The van der Waals surface area contributed by atoms with Crippen molar-refractivity contribution in [3.8, 4) is 0 Å². The molecule has 7 heteroatoms. The molecule has 3 aromatic carbocycles. The molecule has 7 nitrogen and oxygen atoms in total. The number of aryl methyl sites for hydroxylation is 2. The van der Waals surface area contributed by atoms with Crippen molar-refractivity contribution in [2.45, 2.75) is 112 Å². The predicted molar refractivity (Wildman–Crippen MR) is 184 cm³/mol. The molecule has 0 radical (unpaired) electrons. The molecule has 0 aliphatic rings. The van der Waals surface area contributed by atoms with Gasteiger partial charge in [0.2, 0.25) is 5.91 Å². The van der Waals surface area contributed by atoms with Crippen molar-refractivity contribution in [2.75, 3.05) is 5.32 Å². The lowest BCUT2D eigenvalue weighted by atomic mass is 9.91. The van der Waals surface area contributed by atoms with Crippen molar-refractivity contribution in [3.63, 3.8) is 0 Å². The van der Waals surface area contributed by atoms with Crippen LogP contribution in [0.15, 0.2) is 60.7 Å². The van der Waals surface area contributed by atoms with E-state index in [9.17, 15) is 14.4 Å². The van der Waals surface area contributed by atoms with E-state index in [4.69, 9.17) is 4.74 Å². The van der Waals surface area contributed by atoms with Gasteiger partial charge in [-0.3, -0.25) is 9.59 Å². The Morgan fingerprint density at radius 2 is 1.42 bits per heavy atom. The van der Waals surface area contributed by atoms with Crippen LogP contribution in [-0.4, -0.2) is 40.5 Å². The van der Waals surface area contributed by atoms with Gasteiger partial charge in [-0.25, -0.2) is 4.79 Å². The van der Waals surface area contributed by atoms with Crippen molar-refractivity contribution in [3.05, 3.63) is 77.4 Å². The van der Waals surface area contributed by atoms with Crippen molar-refractivity contribution in [1.29, 1.82) is 0 Å². The number of anilines is 1. The number of amides is 3. The van der Waals surface area contributed by atoms with Crippen LogP contribution in [0.5, 0.6) is 0 Å². The van der Waals surface area contributed by atoms with Crippen LogP contribution in [0.1, 0.15) is 97.4 Å². The van der Waals surface area contributed by atoms with Crippen LogP contribution in [0.2, 0.25) is 0 Å². The Labute approximate surface area is 270 Å². The zero-order valence-corrected chi connectivity index (χ0v) is 28.9. The highest BCUT2D eigenvalue weighted by Gasteiger charge is 2.40. The highest BCUT2D eigenvalue weighted by atomic mass is 16.6. The Balaban J connectivity index is 2.15. The molecule has 0 spiro atoms. The Bertz CT molecular complexity index is 1450. The Morgan fingerprint density at radius 3 is 2.00 bits per heavy atom. The summed E-state index contributed by atoms with van der Waals surface area (Å²) in [7, 11) is 0. The van der Waals surface area contributed by atoms with Crippen molar-refractivity contribution in [2.24, 2.45) is 11.8 Å². The van der Waals surface area contributed by atoms with Crippen molar-refractivity contribution < 1.29 is 19.1 Å². The Morgan fingerprint density at radius 1 is 0.800 bits per heavy atom. The van der Waals surface area contributed by atoms with E-state index in [1.165, 1.54) is 0 Å². The van der Waals surface area contributed by atoms with Gasteiger partial charge in [-0.05, 0) is 112 Å². The summed E-state index contributed by atoms with van der Waals surface area (Å²) < 4.78 is 5.56. The Kier molecular flexibility index (Phi) is 12.2. The third kappa shape index (κ3) is 10.1. The van der Waals surface area contributed by atoms with E-state index in [2.05, 4.69) is 24.5 Å². The predicted octanol–water partition coefficient (Wildman–Crippen LogP) is 8.73. The number of hydrogen-bond acceptors (Lipinski definition) is 4. The largest absolute Gasteiger partial charge is 0.444 e. The van der Waals surface area contributed by atoms with Gasteiger partial charge in [-0.1, -0.05) is 76.2 Å². The lowest BCUT2D eigenvalue weighted by Gasteiger charge is -2.40. The fourth-order valence-corrected chi connectivity index (χ4v) is 5.77.